The molecule has 0 bridgehead atoms. The topological polar surface area (TPSA) is 88.1 Å². The van der Waals surface area contributed by atoms with E-state index < -0.39 is 15.5 Å². The molecule has 1 aliphatic rings. The highest BCUT2D eigenvalue weighted by atomic mass is 32.2. The third kappa shape index (κ3) is 6.21. The first-order valence-corrected chi connectivity index (χ1v) is 9.80. The molecule has 1 heterocycles. The summed E-state index contributed by atoms with van der Waals surface area (Å²) in [5.74, 6) is 0.847. The molecular formula is C17H24O7S. The smallest absolute Gasteiger partial charge is 0.311 e. The Labute approximate surface area is 148 Å². The quantitative estimate of drug-likeness (QED) is 0.557. The summed E-state index contributed by atoms with van der Waals surface area (Å²) < 4.78 is 43.4. The van der Waals surface area contributed by atoms with Gasteiger partial charge >= 0.3 is 5.97 Å². The minimum Gasteiger partial charge on any atom is -0.486 e. The lowest BCUT2D eigenvalue weighted by Gasteiger charge is -2.27. The van der Waals surface area contributed by atoms with Crippen molar-refractivity contribution in [2.45, 2.75) is 33.3 Å². The Kier molecular flexibility index (Phi) is 5.95. The SMILES string of the molecule is CC(C)(C)C(=O)OC[C@H]1COc2ccc(CCOS(C)(=O)=O)cc2O1. The zero-order chi connectivity index (χ0) is 18.7. The number of benzene rings is 1. The number of ether oxygens (including phenoxy) is 3. The number of carbonyl (C=O) groups excluding carboxylic acids is 1. The maximum absolute atomic E-state index is 11.8. The molecule has 7 nitrogen and oxygen atoms in total. The van der Waals surface area contributed by atoms with Crippen molar-refractivity contribution in [1.29, 1.82) is 0 Å². The Bertz CT molecular complexity index is 719. The maximum atomic E-state index is 11.8. The molecule has 0 fully saturated rings. The van der Waals surface area contributed by atoms with Gasteiger partial charge in [0.25, 0.3) is 10.1 Å². The van der Waals surface area contributed by atoms with E-state index in [0.29, 0.717) is 24.5 Å². The van der Waals surface area contributed by atoms with Gasteiger partial charge < -0.3 is 14.2 Å². The Hall–Kier alpha value is -1.80. The van der Waals surface area contributed by atoms with Gasteiger partial charge in [-0.25, -0.2) is 0 Å². The van der Waals surface area contributed by atoms with Crippen molar-refractivity contribution in [3.63, 3.8) is 0 Å². The van der Waals surface area contributed by atoms with Crippen LogP contribution < -0.4 is 9.47 Å². The largest absolute Gasteiger partial charge is 0.486 e. The van der Waals surface area contributed by atoms with Gasteiger partial charge in [0.05, 0.1) is 18.3 Å². The molecule has 0 aromatic heterocycles. The van der Waals surface area contributed by atoms with E-state index in [1.165, 1.54) is 0 Å². The molecule has 1 aliphatic heterocycles. The fourth-order valence-corrected chi connectivity index (χ4v) is 2.48. The number of hydrogen-bond donors (Lipinski definition) is 0. The normalized spacial score (nSPS) is 17.2. The Morgan fingerprint density at radius 2 is 2.00 bits per heavy atom. The van der Waals surface area contributed by atoms with E-state index in [-0.39, 0.29) is 25.3 Å². The van der Waals surface area contributed by atoms with Crippen LogP contribution in [-0.4, -0.2) is 46.6 Å². The number of hydrogen-bond acceptors (Lipinski definition) is 7. The molecule has 0 spiro atoms. The number of fused-ring (bicyclic) bond motifs is 1. The molecule has 0 aliphatic carbocycles. The number of esters is 1. The molecule has 0 amide bonds. The van der Waals surface area contributed by atoms with Crippen LogP contribution in [0.5, 0.6) is 11.5 Å². The maximum Gasteiger partial charge on any atom is 0.311 e. The van der Waals surface area contributed by atoms with E-state index in [4.69, 9.17) is 18.4 Å². The summed E-state index contributed by atoms with van der Waals surface area (Å²) >= 11 is 0. The van der Waals surface area contributed by atoms with Crippen LogP contribution in [0.25, 0.3) is 0 Å². The minimum atomic E-state index is -3.45. The van der Waals surface area contributed by atoms with Crippen molar-refractivity contribution in [2.75, 3.05) is 26.1 Å². The lowest BCUT2D eigenvalue weighted by atomic mass is 9.97. The zero-order valence-electron chi connectivity index (χ0n) is 14.9. The summed E-state index contributed by atoms with van der Waals surface area (Å²) in [7, 11) is -3.45. The fourth-order valence-electron chi connectivity index (χ4n) is 2.09. The fraction of sp³-hybridized carbons (Fsp3) is 0.588. The van der Waals surface area contributed by atoms with Crippen LogP contribution in [0, 0.1) is 5.41 Å². The molecule has 0 unspecified atom stereocenters. The molecule has 0 radical (unpaired) electrons. The van der Waals surface area contributed by atoms with Gasteiger partial charge in [0.15, 0.2) is 17.6 Å². The number of carbonyl (C=O) groups is 1. The summed E-state index contributed by atoms with van der Waals surface area (Å²) in [6.45, 7) is 5.82. The second-order valence-electron chi connectivity index (χ2n) is 6.96. The first-order valence-electron chi connectivity index (χ1n) is 7.98. The molecule has 0 saturated heterocycles. The summed E-state index contributed by atoms with van der Waals surface area (Å²) in [4.78, 5) is 11.8. The molecular weight excluding hydrogens is 348 g/mol. The summed E-state index contributed by atoms with van der Waals surface area (Å²) in [6, 6.07) is 5.37. The van der Waals surface area contributed by atoms with Gasteiger partial charge in [-0.2, -0.15) is 8.42 Å². The molecule has 0 N–H and O–H groups in total. The first-order chi connectivity index (χ1) is 11.5. The van der Waals surface area contributed by atoms with Gasteiger partial charge in [-0.15, -0.1) is 0 Å². The molecule has 0 saturated carbocycles. The van der Waals surface area contributed by atoms with Gasteiger partial charge in [0.1, 0.15) is 13.2 Å². The first kappa shape index (κ1) is 19.5. The van der Waals surface area contributed by atoms with Crippen molar-refractivity contribution < 1.29 is 31.6 Å². The van der Waals surface area contributed by atoms with Crippen molar-refractivity contribution in [1.82, 2.24) is 0 Å². The average molecular weight is 372 g/mol. The van der Waals surface area contributed by atoms with Crippen molar-refractivity contribution >= 4 is 16.1 Å². The van der Waals surface area contributed by atoms with Crippen LogP contribution in [0.4, 0.5) is 0 Å². The predicted octanol–water partition coefficient (Wildman–Crippen LogP) is 1.93. The summed E-state index contributed by atoms with van der Waals surface area (Å²) in [6.07, 6.45) is 1.05. The van der Waals surface area contributed by atoms with E-state index in [1.54, 1.807) is 32.9 Å². The van der Waals surface area contributed by atoms with Crippen LogP contribution in [0.1, 0.15) is 26.3 Å². The van der Waals surface area contributed by atoms with E-state index in [2.05, 4.69) is 0 Å². The summed E-state index contributed by atoms with van der Waals surface area (Å²) in [5, 5.41) is 0. The van der Waals surface area contributed by atoms with Crippen molar-refractivity contribution in [3.8, 4) is 11.5 Å². The van der Waals surface area contributed by atoms with Gasteiger partial charge in [0, 0.05) is 0 Å². The second-order valence-corrected chi connectivity index (χ2v) is 8.60. The Morgan fingerprint density at radius 1 is 1.28 bits per heavy atom. The lowest BCUT2D eigenvalue weighted by Crippen LogP contribution is -2.36. The average Bonchev–Trinajstić information content (AvgIpc) is 2.50. The molecule has 2 rings (SSSR count). The van der Waals surface area contributed by atoms with Gasteiger partial charge in [-0.1, -0.05) is 6.07 Å². The van der Waals surface area contributed by atoms with Crippen molar-refractivity contribution in [3.05, 3.63) is 23.8 Å². The third-order valence-electron chi connectivity index (χ3n) is 3.43. The monoisotopic (exact) mass is 372 g/mol. The Balaban J connectivity index is 1.92. The molecule has 25 heavy (non-hydrogen) atoms. The van der Waals surface area contributed by atoms with Crippen LogP contribution in [-0.2, 0) is 30.3 Å². The summed E-state index contributed by atoms with van der Waals surface area (Å²) in [5.41, 5.74) is 0.290. The predicted molar refractivity (Wildman–Crippen MR) is 91.3 cm³/mol. The molecule has 1 atom stereocenters. The van der Waals surface area contributed by atoms with E-state index in [9.17, 15) is 13.2 Å². The highest BCUT2D eigenvalue weighted by molar-refractivity contribution is 7.85. The molecule has 8 heteroatoms. The van der Waals surface area contributed by atoms with Crippen LogP contribution in [0.3, 0.4) is 0 Å². The molecule has 140 valence electrons. The second kappa shape index (κ2) is 7.61. The lowest BCUT2D eigenvalue weighted by molar-refractivity contribution is -0.156. The van der Waals surface area contributed by atoms with Crippen LogP contribution in [0.2, 0.25) is 0 Å². The van der Waals surface area contributed by atoms with Gasteiger partial charge in [-0.05, 0) is 44.9 Å². The van der Waals surface area contributed by atoms with Crippen LogP contribution >= 0.6 is 0 Å². The van der Waals surface area contributed by atoms with Gasteiger partial charge in [-0.3, -0.25) is 8.98 Å². The van der Waals surface area contributed by atoms with E-state index >= 15 is 0 Å². The third-order valence-corrected chi connectivity index (χ3v) is 4.02. The van der Waals surface area contributed by atoms with Gasteiger partial charge in [0.2, 0.25) is 0 Å². The number of rotatable bonds is 6. The highest BCUT2D eigenvalue weighted by Crippen LogP contribution is 2.33. The zero-order valence-corrected chi connectivity index (χ0v) is 15.7. The van der Waals surface area contributed by atoms with E-state index in [1.807, 2.05) is 6.07 Å². The Morgan fingerprint density at radius 3 is 2.64 bits per heavy atom. The minimum absolute atomic E-state index is 0.0606. The van der Waals surface area contributed by atoms with Crippen molar-refractivity contribution in [2.24, 2.45) is 5.41 Å². The standard InChI is InChI=1S/C17H24O7S/c1-17(2,3)16(18)22-11-13-10-21-14-6-5-12(9-15(14)24-13)7-8-23-25(4,19)20/h5-6,9,13H,7-8,10-11H2,1-4H3/t13-/m1/s1. The highest BCUT2D eigenvalue weighted by Gasteiger charge is 2.27. The van der Waals surface area contributed by atoms with E-state index in [0.717, 1.165) is 11.8 Å². The molecule has 1 aromatic rings. The van der Waals surface area contributed by atoms with Crippen LogP contribution in [0.15, 0.2) is 18.2 Å². The molecule has 1 aromatic carbocycles.